The first kappa shape index (κ1) is 15.0. The van der Waals surface area contributed by atoms with E-state index in [1.807, 2.05) is 26.8 Å². The van der Waals surface area contributed by atoms with Crippen molar-refractivity contribution in [3.63, 3.8) is 0 Å². The minimum Gasteiger partial charge on any atom is -0.508 e. The van der Waals surface area contributed by atoms with Gasteiger partial charge in [-0.1, -0.05) is 11.2 Å². The molecule has 2 aromatic rings. The number of aromatic hydroxyl groups is 1. The average Bonchev–Trinajstić information content (AvgIpc) is 2.80. The molecular weight excluding hydrogens is 270 g/mol. The molecule has 6 heteroatoms. The SMILES string of the molecule is CC(=O)NC(C)(C)c1noc(Cc2ccc(O)cc2C)n1. The summed E-state index contributed by atoms with van der Waals surface area (Å²) in [6.45, 7) is 6.99. The number of amides is 1. The van der Waals surface area contributed by atoms with Crippen LogP contribution in [0.15, 0.2) is 22.7 Å². The van der Waals surface area contributed by atoms with Gasteiger partial charge in [-0.25, -0.2) is 0 Å². The van der Waals surface area contributed by atoms with Gasteiger partial charge in [-0.15, -0.1) is 0 Å². The molecule has 1 aromatic heterocycles. The first-order valence-corrected chi connectivity index (χ1v) is 6.68. The summed E-state index contributed by atoms with van der Waals surface area (Å²) < 4.78 is 5.25. The third kappa shape index (κ3) is 3.59. The Labute approximate surface area is 123 Å². The van der Waals surface area contributed by atoms with Crippen LogP contribution in [-0.4, -0.2) is 21.2 Å². The van der Waals surface area contributed by atoms with Crippen molar-refractivity contribution in [2.75, 3.05) is 0 Å². The molecule has 0 radical (unpaired) electrons. The lowest BCUT2D eigenvalue weighted by molar-refractivity contribution is -0.120. The minimum atomic E-state index is -0.683. The molecule has 1 amide bonds. The smallest absolute Gasteiger partial charge is 0.231 e. The van der Waals surface area contributed by atoms with Crippen LogP contribution in [0.3, 0.4) is 0 Å². The summed E-state index contributed by atoms with van der Waals surface area (Å²) in [7, 11) is 0. The van der Waals surface area contributed by atoms with E-state index in [0.29, 0.717) is 18.1 Å². The van der Waals surface area contributed by atoms with Crippen LogP contribution in [0.5, 0.6) is 5.75 Å². The average molecular weight is 289 g/mol. The van der Waals surface area contributed by atoms with Crippen LogP contribution in [-0.2, 0) is 16.8 Å². The predicted molar refractivity (Wildman–Crippen MR) is 76.8 cm³/mol. The fourth-order valence-corrected chi connectivity index (χ4v) is 2.12. The molecule has 112 valence electrons. The van der Waals surface area contributed by atoms with Crippen molar-refractivity contribution in [2.24, 2.45) is 0 Å². The van der Waals surface area contributed by atoms with Crippen LogP contribution in [0.25, 0.3) is 0 Å². The molecule has 0 fully saturated rings. The summed E-state index contributed by atoms with van der Waals surface area (Å²) in [4.78, 5) is 15.5. The Morgan fingerprint density at radius 1 is 1.43 bits per heavy atom. The van der Waals surface area contributed by atoms with Gasteiger partial charge < -0.3 is 14.9 Å². The van der Waals surface area contributed by atoms with Crippen LogP contribution in [0.1, 0.15) is 43.6 Å². The van der Waals surface area contributed by atoms with Crippen molar-refractivity contribution in [1.82, 2.24) is 15.5 Å². The highest BCUT2D eigenvalue weighted by molar-refractivity contribution is 5.73. The summed E-state index contributed by atoms with van der Waals surface area (Å²) in [6.07, 6.45) is 0.481. The zero-order valence-electron chi connectivity index (χ0n) is 12.6. The van der Waals surface area contributed by atoms with Crippen LogP contribution in [0.4, 0.5) is 0 Å². The molecule has 0 spiro atoms. The van der Waals surface area contributed by atoms with E-state index >= 15 is 0 Å². The summed E-state index contributed by atoms with van der Waals surface area (Å²) in [5.41, 5.74) is 1.27. The molecule has 0 unspecified atom stereocenters. The second-order valence-corrected chi connectivity index (χ2v) is 5.61. The second-order valence-electron chi connectivity index (χ2n) is 5.61. The van der Waals surface area contributed by atoms with Gasteiger partial charge in [0.2, 0.25) is 11.8 Å². The molecule has 1 heterocycles. The fourth-order valence-electron chi connectivity index (χ4n) is 2.12. The molecule has 6 nitrogen and oxygen atoms in total. The topological polar surface area (TPSA) is 88.2 Å². The first-order valence-electron chi connectivity index (χ1n) is 6.68. The van der Waals surface area contributed by atoms with Gasteiger partial charge in [-0.3, -0.25) is 4.79 Å². The minimum absolute atomic E-state index is 0.152. The highest BCUT2D eigenvalue weighted by Gasteiger charge is 2.27. The van der Waals surface area contributed by atoms with Gasteiger partial charge in [-0.05, 0) is 44.0 Å². The van der Waals surface area contributed by atoms with Gasteiger partial charge in [-0.2, -0.15) is 4.98 Å². The van der Waals surface area contributed by atoms with Gasteiger partial charge in [0, 0.05) is 6.92 Å². The molecule has 0 aliphatic rings. The normalized spacial score (nSPS) is 11.4. The molecule has 2 N–H and O–H groups in total. The molecule has 0 aliphatic heterocycles. The van der Waals surface area contributed by atoms with Crippen molar-refractivity contribution in [3.05, 3.63) is 41.0 Å². The van der Waals surface area contributed by atoms with Crippen molar-refractivity contribution in [3.8, 4) is 5.75 Å². The zero-order valence-corrected chi connectivity index (χ0v) is 12.6. The maximum absolute atomic E-state index is 11.2. The highest BCUT2D eigenvalue weighted by atomic mass is 16.5. The quantitative estimate of drug-likeness (QED) is 0.899. The highest BCUT2D eigenvalue weighted by Crippen LogP contribution is 2.20. The number of carbonyl (C=O) groups is 1. The van der Waals surface area contributed by atoms with Crippen LogP contribution in [0.2, 0.25) is 0 Å². The van der Waals surface area contributed by atoms with E-state index in [1.54, 1.807) is 12.1 Å². The van der Waals surface area contributed by atoms with E-state index in [2.05, 4.69) is 15.5 Å². The Morgan fingerprint density at radius 2 is 2.14 bits per heavy atom. The number of phenolic OH excluding ortho intramolecular Hbond substituents is 1. The lowest BCUT2D eigenvalue weighted by Crippen LogP contribution is -2.40. The lowest BCUT2D eigenvalue weighted by atomic mass is 10.0. The van der Waals surface area contributed by atoms with E-state index in [-0.39, 0.29) is 11.7 Å². The summed E-state index contributed by atoms with van der Waals surface area (Å²) in [5.74, 6) is 0.983. The van der Waals surface area contributed by atoms with E-state index < -0.39 is 5.54 Å². The maximum Gasteiger partial charge on any atom is 0.231 e. The number of hydrogen-bond acceptors (Lipinski definition) is 5. The van der Waals surface area contributed by atoms with Crippen LogP contribution < -0.4 is 5.32 Å². The Bertz CT molecular complexity index is 662. The molecule has 0 saturated carbocycles. The number of nitrogens with one attached hydrogen (secondary N) is 1. The second kappa shape index (κ2) is 5.55. The first-order chi connectivity index (χ1) is 9.78. The third-order valence-corrected chi connectivity index (χ3v) is 3.18. The number of nitrogens with zero attached hydrogens (tertiary/aromatic N) is 2. The molecule has 0 atom stereocenters. The van der Waals surface area contributed by atoms with E-state index in [1.165, 1.54) is 6.92 Å². The zero-order chi connectivity index (χ0) is 15.6. The number of aromatic nitrogens is 2. The number of aryl methyl sites for hydroxylation is 1. The Kier molecular flexibility index (Phi) is 3.97. The Morgan fingerprint density at radius 3 is 2.76 bits per heavy atom. The van der Waals surface area contributed by atoms with Crippen molar-refractivity contribution in [1.29, 1.82) is 0 Å². The Balaban J connectivity index is 2.18. The lowest BCUT2D eigenvalue weighted by Gasteiger charge is -2.20. The summed E-state index contributed by atoms with van der Waals surface area (Å²) >= 11 is 0. The fraction of sp³-hybridized carbons (Fsp3) is 0.400. The maximum atomic E-state index is 11.2. The van der Waals surface area contributed by atoms with Crippen molar-refractivity contribution >= 4 is 5.91 Å². The largest absolute Gasteiger partial charge is 0.508 e. The third-order valence-electron chi connectivity index (χ3n) is 3.18. The Hall–Kier alpha value is -2.37. The van der Waals surface area contributed by atoms with Crippen LogP contribution in [0, 0.1) is 6.92 Å². The number of rotatable bonds is 4. The van der Waals surface area contributed by atoms with Gasteiger partial charge >= 0.3 is 0 Å². The monoisotopic (exact) mass is 289 g/mol. The summed E-state index contributed by atoms with van der Waals surface area (Å²) in [6, 6.07) is 5.14. The molecule has 0 aliphatic carbocycles. The molecule has 2 rings (SSSR count). The van der Waals surface area contributed by atoms with Crippen molar-refractivity contribution < 1.29 is 14.4 Å². The van der Waals surface area contributed by atoms with E-state index in [4.69, 9.17) is 4.52 Å². The van der Waals surface area contributed by atoms with E-state index in [9.17, 15) is 9.90 Å². The number of hydrogen-bond donors (Lipinski definition) is 2. The molecule has 0 bridgehead atoms. The molecule has 21 heavy (non-hydrogen) atoms. The van der Waals surface area contributed by atoms with Gasteiger partial charge in [0.1, 0.15) is 5.75 Å². The van der Waals surface area contributed by atoms with Crippen molar-refractivity contribution in [2.45, 2.75) is 39.7 Å². The standard InChI is InChI=1S/C15H19N3O3/c1-9-7-12(20)6-5-11(9)8-13-16-14(18-21-13)15(3,4)17-10(2)19/h5-7,20H,8H2,1-4H3,(H,17,19). The predicted octanol–water partition coefficient (Wildman–Crippen LogP) is 2.05. The van der Waals surface area contributed by atoms with Gasteiger partial charge in [0.15, 0.2) is 5.82 Å². The number of carbonyl (C=O) groups excluding carboxylic acids is 1. The van der Waals surface area contributed by atoms with Crippen LogP contribution >= 0.6 is 0 Å². The molecule has 1 aromatic carbocycles. The molecule has 0 saturated heterocycles. The molecular formula is C15H19N3O3. The number of benzene rings is 1. The van der Waals surface area contributed by atoms with E-state index in [0.717, 1.165) is 11.1 Å². The van der Waals surface area contributed by atoms with Gasteiger partial charge in [0.05, 0.1) is 12.0 Å². The van der Waals surface area contributed by atoms with Gasteiger partial charge in [0.25, 0.3) is 0 Å². The summed E-state index contributed by atoms with van der Waals surface area (Å²) in [5, 5.41) is 16.1. The number of phenols is 1.